The average Bonchev–Trinajstić information content (AvgIpc) is 2.98. The maximum atomic E-state index is 12.7. The van der Waals surface area contributed by atoms with E-state index >= 15 is 0 Å². The Morgan fingerprint density at radius 1 is 1.11 bits per heavy atom. The van der Waals surface area contributed by atoms with Crippen molar-refractivity contribution < 1.29 is 19.1 Å². The third-order valence-electron chi connectivity index (χ3n) is 5.59. The summed E-state index contributed by atoms with van der Waals surface area (Å²) in [6.07, 6.45) is 3.12. The Kier molecular flexibility index (Phi) is 6.14. The van der Waals surface area contributed by atoms with Crippen molar-refractivity contribution in [1.29, 1.82) is 0 Å². The quantitative estimate of drug-likeness (QED) is 0.690. The zero-order valence-corrected chi connectivity index (χ0v) is 16.1. The van der Waals surface area contributed by atoms with Gasteiger partial charge in [-0.1, -0.05) is 6.92 Å². The van der Waals surface area contributed by atoms with E-state index in [1.54, 1.807) is 36.3 Å². The van der Waals surface area contributed by atoms with Crippen molar-refractivity contribution in [2.24, 2.45) is 5.92 Å². The first-order valence-corrected chi connectivity index (χ1v) is 9.79. The molecule has 0 radical (unpaired) electrons. The minimum absolute atomic E-state index is 0.0279. The Morgan fingerprint density at radius 2 is 1.85 bits per heavy atom. The molecular formula is C21H28N2O4. The molecule has 4 rings (SSSR count). The number of rotatable bonds is 7. The number of Topliss-reactive ketones (excluding diaryl/α,β-unsaturated/α-hetero) is 1. The molecule has 3 saturated heterocycles. The largest absolute Gasteiger partial charge is 0.497 e. The number of nitrogens with zero attached hydrogens (tertiary/aromatic N) is 2. The summed E-state index contributed by atoms with van der Waals surface area (Å²) in [7, 11) is 1.58. The maximum Gasteiger partial charge on any atom is 0.227 e. The minimum Gasteiger partial charge on any atom is -0.497 e. The summed E-state index contributed by atoms with van der Waals surface area (Å²) in [5, 5.41) is 0. The molecule has 2 bridgehead atoms. The number of methoxy groups -OCH3 is 1. The van der Waals surface area contributed by atoms with Crippen LogP contribution in [0.15, 0.2) is 24.3 Å². The maximum absolute atomic E-state index is 12.7. The number of piperidine rings is 1. The highest BCUT2D eigenvalue weighted by Gasteiger charge is 2.41. The monoisotopic (exact) mass is 372 g/mol. The summed E-state index contributed by atoms with van der Waals surface area (Å²) in [5.74, 6) is 0.727. The fourth-order valence-corrected chi connectivity index (χ4v) is 4.08. The fourth-order valence-electron chi connectivity index (χ4n) is 4.08. The van der Waals surface area contributed by atoms with E-state index in [0.717, 1.165) is 25.8 Å². The van der Waals surface area contributed by atoms with Crippen LogP contribution >= 0.6 is 0 Å². The molecule has 0 unspecified atom stereocenters. The van der Waals surface area contributed by atoms with E-state index in [1.165, 1.54) is 0 Å². The van der Waals surface area contributed by atoms with Gasteiger partial charge in [-0.3, -0.25) is 14.4 Å². The van der Waals surface area contributed by atoms with Crippen LogP contribution in [-0.4, -0.2) is 60.2 Å². The Balaban J connectivity index is 1.58. The van der Waals surface area contributed by atoms with Gasteiger partial charge in [-0.05, 0) is 43.5 Å². The Hall–Kier alpha value is -2.37. The number of carbonyl (C=O) groups excluding carboxylic acids is 3. The van der Waals surface area contributed by atoms with Crippen LogP contribution in [0.1, 0.15) is 49.4 Å². The lowest BCUT2D eigenvalue weighted by Crippen LogP contribution is -2.48. The van der Waals surface area contributed by atoms with Crippen LogP contribution in [0.2, 0.25) is 0 Å². The zero-order chi connectivity index (χ0) is 19.4. The molecule has 0 N–H and O–H groups in total. The number of ether oxygens (including phenoxy) is 1. The fraction of sp³-hybridized carbons (Fsp3) is 0.571. The summed E-state index contributed by atoms with van der Waals surface area (Å²) in [5.41, 5.74) is 0.587. The van der Waals surface area contributed by atoms with Crippen molar-refractivity contribution in [3.05, 3.63) is 29.8 Å². The molecule has 3 fully saturated rings. The molecule has 6 nitrogen and oxygen atoms in total. The number of hydrogen-bond acceptors (Lipinski definition) is 4. The van der Waals surface area contributed by atoms with E-state index < -0.39 is 0 Å². The number of fused-ring (bicyclic) bond motifs is 4. The van der Waals surface area contributed by atoms with Crippen LogP contribution in [0.5, 0.6) is 5.75 Å². The van der Waals surface area contributed by atoms with E-state index in [0.29, 0.717) is 24.4 Å². The molecule has 3 aliphatic rings. The van der Waals surface area contributed by atoms with Gasteiger partial charge in [0.05, 0.1) is 13.0 Å². The van der Waals surface area contributed by atoms with Crippen LogP contribution in [0.25, 0.3) is 0 Å². The average molecular weight is 372 g/mol. The van der Waals surface area contributed by atoms with Crippen LogP contribution in [-0.2, 0) is 9.59 Å². The predicted octanol–water partition coefficient (Wildman–Crippen LogP) is 2.52. The van der Waals surface area contributed by atoms with Crippen molar-refractivity contribution in [2.45, 2.75) is 45.1 Å². The standard InChI is InChI=1S/C21H28N2O4/c1-3-12-23-17-7-4-16(21(23)26)13-22(14-17)20(25)11-10-19(24)15-5-8-18(27-2)9-6-15/h5-6,8-9,16-17H,3-4,7,10-14H2,1-2H3/t16-,17+/m0/s1. The lowest BCUT2D eigenvalue weighted by Gasteiger charge is -2.35. The van der Waals surface area contributed by atoms with Gasteiger partial charge in [0, 0.05) is 44.1 Å². The second-order valence-corrected chi connectivity index (χ2v) is 7.41. The van der Waals surface area contributed by atoms with Crippen LogP contribution in [0.4, 0.5) is 0 Å². The van der Waals surface area contributed by atoms with Gasteiger partial charge in [0.15, 0.2) is 5.78 Å². The van der Waals surface area contributed by atoms with Crippen molar-refractivity contribution in [3.63, 3.8) is 0 Å². The van der Waals surface area contributed by atoms with E-state index in [1.807, 2.05) is 4.90 Å². The highest BCUT2D eigenvalue weighted by molar-refractivity contribution is 5.98. The van der Waals surface area contributed by atoms with E-state index in [9.17, 15) is 14.4 Å². The third kappa shape index (κ3) is 4.31. The highest BCUT2D eigenvalue weighted by Crippen LogP contribution is 2.29. The van der Waals surface area contributed by atoms with Gasteiger partial charge in [0.1, 0.15) is 5.75 Å². The topological polar surface area (TPSA) is 66.9 Å². The Labute approximate surface area is 160 Å². The summed E-state index contributed by atoms with van der Waals surface area (Å²) >= 11 is 0. The van der Waals surface area contributed by atoms with Crippen LogP contribution in [0, 0.1) is 5.92 Å². The van der Waals surface area contributed by atoms with Gasteiger partial charge in [-0.2, -0.15) is 0 Å². The second kappa shape index (κ2) is 8.55. The number of carbonyl (C=O) groups is 3. The lowest BCUT2D eigenvalue weighted by molar-refractivity contribution is -0.139. The summed E-state index contributed by atoms with van der Waals surface area (Å²) in [6.45, 7) is 3.92. The lowest BCUT2D eigenvalue weighted by atomic mass is 9.94. The minimum atomic E-state index is -0.0865. The van der Waals surface area contributed by atoms with E-state index in [2.05, 4.69) is 6.92 Å². The van der Waals surface area contributed by atoms with Crippen molar-refractivity contribution >= 4 is 17.6 Å². The molecule has 2 atom stereocenters. The summed E-state index contributed by atoms with van der Waals surface area (Å²) < 4.78 is 5.10. The molecule has 0 spiro atoms. The third-order valence-corrected chi connectivity index (χ3v) is 5.59. The molecule has 146 valence electrons. The van der Waals surface area contributed by atoms with Gasteiger partial charge in [-0.25, -0.2) is 0 Å². The van der Waals surface area contributed by atoms with Crippen LogP contribution < -0.4 is 4.74 Å². The molecule has 1 aromatic rings. The predicted molar refractivity (Wildman–Crippen MR) is 102 cm³/mol. The number of benzene rings is 1. The van der Waals surface area contributed by atoms with Crippen molar-refractivity contribution in [2.75, 3.05) is 26.7 Å². The number of amides is 2. The number of hydrogen-bond donors (Lipinski definition) is 0. The molecule has 0 saturated carbocycles. The number of ketones is 1. The molecule has 1 aromatic carbocycles. The van der Waals surface area contributed by atoms with E-state index in [-0.39, 0.29) is 42.4 Å². The molecular weight excluding hydrogens is 344 g/mol. The van der Waals surface area contributed by atoms with Gasteiger partial charge in [0.2, 0.25) is 11.8 Å². The molecule has 3 aliphatic heterocycles. The zero-order valence-electron chi connectivity index (χ0n) is 16.1. The Bertz CT molecular complexity index is 701. The first kappa shape index (κ1) is 19.4. The second-order valence-electron chi connectivity index (χ2n) is 7.41. The molecule has 3 heterocycles. The van der Waals surface area contributed by atoms with Crippen molar-refractivity contribution in [3.8, 4) is 5.75 Å². The molecule has 2 amide bonds. The van der Waals surface area contributed by atoms with Gasteiger partial charge in [-0.15, -0.1) is 0 Å². The SMILES string of the molecule is CCCN1C(=O)[C@H]2CC[C@@H]1CN(C(=O)CCC(=O)c1ccc(OC)cc1)C2. The smallest absolute Gasteiger partial charge is 0.227 e. The van der Waals surface area contributed by atoms with Gasteiger partial charge in [0.25, 0.3) is 0 Å². The van der Waals surface area contributed by atoms with Crippen LogP contribution in [0.3, 0.4) is 0 Å². The Morgan fingerprint density at radius 3 is 2.52 bits per heavy atom. The molecule has 6 heteroatoms. The first-order valence-electron chi connectivity index (χ1n) is 9.79. The van der Waals surface area contributed by atoms with Gasteiger partial charge < -0.3 is 14.5 Å². The highest BCUT2D eigenvalue weighted by atomic mass is 16.5. The summed E-state index contributed by atoms with van der Waals surface area (Å²) in [4.78, 5) is 41.4. The normalized spacial score (nSPS) is 21.9. The molecule has 0 aliphatic carbocycles. The summed E-state index contributed by atoms with van der Waals surface area (Å²) in [6, 6.07) is 7.06. The molecule has 0 aromatic heterocycles. The van der Waals surface area contributed by atoms with Gasteiger partial charge >= 0.3 is 0 Å². The molecule has 27 heavy (non-hydrogen) atoms. The van der Waals surface area contributed by atoms with E-state index in [4.69, 9.17) is 4.74 Å². The van der Waals surface area contributed by atoms with Crippen molar-refractivity contribution in [1.82, 2.24) is 9.80 Å². The first-order chi connectivity index (χ1) is 13.0.